The number of nitrogens with zero attached hydrogens (tertiary/aromatic N) is 3. The normalized spacial score (nSPS) is 12.3. The third-order valence-electron chi connectivity index (χ3n) is 4.25. The number of hydrogen-bond acceptors (Lipinski definition) is 3. The fourth-order valence-electron chi connectivity index (χ4n) is 2.95. The molecule has 0 unspecified atom stereocenters. The van der Waals surface area contributed by atoms with E-state index in [9.17, 15) is 5.11 Å². The van der Waals surface area contributed by atoms with Gasteiger partial charge in [-0.15, -0.1) is 0 Å². The van der Waals surface area contributed by atoms with E-state index in [2.05, 4.69) is 21.1 Å². The minimum Gasteiger partial charge on any atom is -0.386 e. The molecule has 3 heterocycles. The molecular formula is C18H18N4O. The maximum atomic E-state index is 10.1. The van der Waals surface area contributed by atoms with Crippen LogP contribution in [0.3, 0.4) is 0 Å². The maximum absolute atomic E-state index is 10.1. The number of rotatable bonds is 2. The lowest BCUT2D eigenvalue weighted by atomic mass is 9.97. The number of H-pyrrole nitrogens is 1. The predicted molar refractivity (Wildman–Crippen MR) is 91.0 cm³/mol. The highest BCUT2D eigenvalue weighted by atomic mass is 16.3. The molecule has 5 heteroatoms. The van der Waals surface area contributed by atoms with Crippen LogP contribution in [0.1, 0.15) is 19.4 Å². The standard InChI is InChI=1S/C18H18N4O/c1-18(2,23)13-6-4-11(5-7-13)15-8-14-16-12(10-20-22(16)3)9-19-17(14)21-15/h4-10,23H,1-3H3,(H,19,21). The fraction of sp³-hybridized carbons (Fsp3) is 0.222. The first-order valence-electron chi connectivity index (χ1n) is 7.56. The molecule has 0 amide bonds. The number of hydrogen-bond donors (Lipinski definition) is 2. The second-order valence-corrected chi connectivity index (χ2v) is 6.41. The summed E-state index contributed by atoms with van der Waals surface area (Å²) in [5.74, 6) is 0. The van der Waals surface area contributed by atoms with E-state index in [1.54, 1.807) is 13.8 Å². The molecule has 0 saturated carbocycles. The van der Waals surface area contributed by atoms with Crippen molar-refractivity contribution in [2.24, 2.45) is 7.05 Å². The number of aliphatic hydroxyl groups is 1. The van der Waals surface area contributed by atoms with Gasteiger partial charge in [0.05, 0.1) is 17.3 Å². The number of aryl methyl sites for hydroxylation is 1. The predicted octanol–water partition coefficient (Wildman–Crippen LogP) is 3.34. The monoisotopic (exact) mass is 306 g/mol. The third-order valence-corrected chi connectivity index (χ3v) is 4.25. The molecule has 5 nitrogen and oxygen atoms in total. The van der Waals surface area contributed by atoms with Crippen LogP contribution in [-0.2, 0) is 12.6 Å². The molecule has 1 aromatic carbocycles. The Morgan fingerprint density at radius 3 is 2.57 bits per heavy atom. The Kier molecular flexibility index (Phi) is 2.83. The first-order valence-corrected chi connectivity index (χ1v) is 7.56. The average molecular weight is 306 g/mol. The highest BCUT2D eigenvalue weighted by Gasteiger charge is 2.16. The topological polar surface area (TPSA) is 66.7 Å². The van der Waals surface area contributed by atoms with E-state index in [1.807, 2.05) is 48.4 Å². The van der Waals surface area contributed by atoms with E-state index >= 15 is 0 Å². The van der Waals surface area contributed by atoms with Gasteiger partial charge in [0.1, 0.15) is 5.65 Å². The number of aromatic nitrogens is 4. The molecular weight excluding hydrogens is 288 g/mol. The Bertz CT molecular complexity index is 1000. The van der Waals surface area contributed by atoms with E-state index in [1.165, 1.54) is 0 Å². The Morgan fingerprint density at radius 1 is 1.13 bits per heavy atom. The molecule has 0 aliphatic heterocycles. The SMILES string of the molecule is Cn1ncc2cnc3[nH]c(-c4ccc(C(C)(C)O)cc4)cc3c21. The number of benzene rings is 1. The van der Waals surface area contributed by atoms with Crippen molar-refractivity contribution in [1.82, 2.24) is 19.7 Å². The zero-order valence-electron chi connectivity index (χ0n) is 13.3. The lowest BCUT2D eigenvalue weighted by Crippen LogP contribution is -2.14. The maximum Gasteiger partial charge on any atom is 0.139 e. The van der Waals surface area contributed by atoms with Crippen molar-refractivity contribution in [2.45, 2.75) is 19.4 Å². The van der Waals surface area contributed by atoms with Gasteiger partial charge in [0.2, 0.25) is 0 Å². The summed E-state index contributed by atoms with van der Waals surface area (Å²) < 4.78 is 1.87. The summed E-state index contributed by atoms with van der Waals surface area (Å²) in [6.07, 6.45) is 3.66. The van der Waals surface area contributed by atoms with Crippen LogP contribution in [0.2, 0.25) is 0 Å². The van der Waals surface area contributed by atoms with Gasteiger partial charge >= 0.3 is 0 Å². The van der Waals surface area contributed by atoms with Gasteiger partial charge in [-0.2, -0.15) is 5.10 Å². The van der Waals surface area contributed by atoms with E-state index in [-0.39, 0.29) is 0 Å². The van der Waals surface area contributed by atoms with Gasteiger partial charge in [-0.3, -0.25) is 4.68 Å². The van der Waals surface area contributed by atoms with Crippen LogP contribution in [0.4, 0.5) is 0 Å². The first-order chi connectivity index (χ1) is 10.9. The molecule has 2 N–H and O–H groups in total. The van der Waals surface area contributed by atoms with Crippen LogP contribution in [-0.4, -0.2) is 24.9 Å². The summed E-state index contributed by atoms with van der Waals surface area (Å²) in [7, 11) is 1.94. The quantitative estimate of drug-likeness (QED) is 0.597. The largest absolute Gasteiger partial charge is 0.386 e. The summed E-state index contributed by atoms with van der Waals surface area (Å²) in [4.78, 5) is 7.84. The molecule has 0 aliphatic carbocycles. The van der Waals surface area contributed by atoms with Gasteiger partial charge in [0, 0.05) is 29.7 Å². The van der Waals surface area contributed by atoms with Crippen molar-refractivity contribution in [1.29, 1.82) is 0 Å². The minimum atomic E-state index is -0.832. The number of pyridine rings is 1. The Hall–Kier alpha value is -2.66. The second kappa shape index (κ2) is 4.67. The van der Waals surface area contributed by atoms with Crippen LogP contribution in [0.5, 0.6) is 0 Å². The summed E-state index contributed by atoms with van der Waals surface area (Å²) in [6, 6.07) is 10.0. The summed E-state index contributed by atoms with van der Waals surface area (Å²) in [5, 5.41) is 16.5. The van der Waals surface area contributed by atoms with Gasteiger partial charge in [-0.25, -0.2) is 4.98 Å². The molecule has 0 bridgehead atoms. The zero-order valence-corrected chi connectivity index (χ0v) is 13.3. The lowest BCUT2D eigenvalue weighted by molar-refractivity contribution is 0.0786. The molecule has 116 valence electrons. The summed E-state index contributed by atoms with van der Waals surface area (Å²) >= 11 is 0. The summed E-state index contributed by atoms with van der Waals surface area (Å²) in [6.45, 7) is 3.57. The van der Waals surface area contributed by atoms with Crippen LogP contribution in [0.25, 0.3) is 33.2 Å². The zero-order chi connectivity index (χ0) is 16.2. The molecule has 3 aromatic heterocycles. The number of aromatic amines is 1. The van der Waals surface area contributed by atoms with E-state index in [0.717, 1.165) is 38.8 Å². The smallest absolute Gasteiger partial charge is 0.139 e. The van der Waals surface area contributed by atoms with Crippen molar-refractivity contribution in [3.8, 4) is 11.3 Å². The van der Waals surface area contributed by atoms with Gasteiger partial charge < -0.3 is 10.1 Å². The van der Waals surface area contributed by atoms with Gasteiger partial charge in [0.25, 0.3) is 0 Å². The first kappa shape index (κ1) is 14.0. The van der Waals surface area contributed by atoms with Gasteiger partial charge in [-0.05, 0) is 31.0 Å². The Balaban J connectivity index is 1.86. The van der Waals surface area contributed by atoms with Crippen LogP contribution in [0.15, 0.2) is 42.7 Å². The van der Waals surface area contributed by atoms with Crippen molar-refractivity contribution in [3.63, 3.8) is 0 Å². The van der Waals surface area contributed by atoms with E-state index < -0.39 is 5.60 Å². The van der Waals surface area contributed by atoms with Crippen molar-refractivity contribution in [3.05, 3.63) is 48.3 Å². The molecule has 0 spiro atoms. The molecule has 4 rings (SSSR count). The van der Waals surface area contributed by atoms with Crippen LogP contribution >= 0.6 is 0 Å². The second-order valence-electron chi connectivity index (χ2n) is 6.41. The van der Waals surface area contributed by atoms with Gasteiger partial charge in [-0.1, -0.05) is 24.3 Å². The van der Waals surface area contributed by atoms with Crippen LogP contribution in [0, 0.1) is 0 Å². The highest BCUT2D eigenvalue weighted by Crippen LogP contribution is 2.29. The number of fused-ring (bicyclic) bond motifs is 3. The molecule has 0 atom stereocenters. The summed E-state index contributed by atoms with van der Waals surface area (Å²) in [5.41, 5.74) is 4.05. The fourth-order valence-corrected chi connectivity index (χ4v) is 2.95. The molecule has 0 saturated heterocycles. The molecule has 0 radical (unpaired) electrons. The Morgan fingerprint density at radius 2 is 1.87 bits per heavy atom. The molecule has 0 fully saturated rings. The van der Waals surface area contributed by atoms with Crippen molar-refractivity contribution < 1.29 is 5.11 Å². The average Bonchev–Trinajstić information content (AvgIpc) is 3.10. The van der Waals surface area contributed by atoms with Crippen LogP contribution < -0.4 is 0 Å². The minimum absolute atomic E-state index is 0.832. The van der Waals surface area contributed by atoms with Crippen molar-refractivity contribution >= 4 is 21.9 Å². The van der Waals surface area contributed by atoms with E-state index in [4.69, 9.17) is 0 Å². The van der Waals surface area contributed by atoms with Gasteiger partial charge in [0.15, 0.2) is 0 Å². The van der Waals surface area contributed by atoms with E-state index in [0.29, 0.717) is 0 Å². The van der Waals surface area contributed by atoms with Crippen molar-refractivity contribution in [2.75, 3.05) is 0 Å². The molecule has 0 aliphatic rings. The highest BCUT2D eigenvalue weighted by molar-refractivity contribution is 6.04. The Labute approximate surface area is 133 Å². The molecule has 23 heavy (non-hydrogen) atoms. The lowest BCUT2D eigenvalue weighted by Gasteiger charge is -2.17. The molecule has 4 aromatic rings. The third kappa shape index (κ3) is 2.21. The number of nitrogens with one attached hydrogen (secondary N) is 1.